The van der Waals surface area contributed by atoms with Crippen molar-refractivity contribution >= 4 is 11.7 Å². The van der Waals surface area contributed by atoms with Gasteiger partial charge in [-0.25, -0.2) is 9.97 Å². The van der Waals surface area contributed by atoms with E-state index in [0.717, 1.165) is 35.9 Å². The first-order valence-electron chi connectivity index (χ1n) is 8.07. The van der Waals surface area contributed by atoms with Crippen molar-refractivity contribution in [1.29, 1.82) is 0 Å². The molecule has 3 heterocycles. The van der Waals surface area contributed by atoms with Crippen molar-refractivity contribution in [1.82, 2.24) is 20.2 Å². The summed E-state index contributed by atoms with van der Waals surface area (Å²) in [5.41, 5.74) is 2.13. The molecule has 0 aromatic carbocycles. The van der Waals surface area contributed by atoms with Crippen molar-refractivity contribution < 1.29 is 9.21 Å². The van der Waals surface area contributed by atoms with Crippen LogP contribution in [0.4, 0.5) is 5.82 Å². The first-order valence-corrected chi connectivity index (χ1v) is 8.07. The van der Waals surface area contributed by atoms with Crippen LogP contribution < -0.4 is 10.2 Å². The first kappa shape index (κ1) is 16.4. The molecule has 1 N–H and O–H groups in total. The van der Waals surface area contributed by atoms with Gasteiger partial charge in [0.05, 0.1) is 19.4 Å². The summed E-state index contributed by atoms with van der Waals surface area (Å²) in [6.07, 6.45) is 3.21. The number of nitrogens with one attached hydrogen (secondary N) is 1. The number of aryl methyl sites for hydroxylation is 1. The lowest BCUT2D eigenvalue weighted by molar-refractivity contribution is -0.122. The molecule has 0 aliphatic carbocycles. The lowest BCUT2D eigenvalue weighted by Gasteiger charge is -2.45. The zero-order valence-corrected chi connectivity index (χ0v) is 14.3. The molecule has 1 fully saturated rings. The second-order valence-electron chi connectivity index (χ2n) is 6.24. The molecule has 0 unspecified atom stereocenters. The summed E-state index contributed by atoms with van der Waals surface area (Å²) >= 11 is 0. The Morgan fingerprint density at radius 1 is 1.42 bits per heavy atom. The number of rotatable bonds is 6. The van der Waals surface area contributed by atoms with E-state index in [4.69, 9.17) is 4.42 Å². The number of furan rings is 1. The van der Waals surface area contributed by atoms with Crippen LogP contribution in [0.5, 0.6) is 0 Å². The van der Waals surface area contributed by atoms with Crippen LogP contribution in [-0.2, 0) is 11.3 Å². The van der Waals surface area contributed by atoms with E-state index < -0.39 is 0 Å². The summed E-state index contributed by atoms with van der Waals surface area (Å²) in [7, 11) is 1.98. The lowest BCUT2D eigenvalue weighted by Crippen LogP contribution is -2.60. The van der Waals surface area contributed by atoms with Gasteiger partial charge < -0.3 is 14.6 Å². The lowest BCUT2D eigenvalue weighted by atomic mass is 10.1. The fourth-order valence-corrected chi connectivity index (χ4v) is 2.76. The predicted octanol–water partition coefficient (Wildman–Crippen LogP) is 1.12. The number of aromatic nitrogens is 2. The van der Waals surface area contributed by atoms with E-state index in [1.54, 1.807) is 12.6 Å². The molecule has 0 bridgehead atoms. The van der Waals surface area contributed by atoms with Crippen molar-refractivity contribution in [3.63, 3.8) is 0 Å². The molecule has 7 nitrogen and oxygen atoms in total. The van der Waals surface area contributed by atoms with Gasteiger partial charge in [-0.2, -0.15) is 0 Å². The Bertz CT molecular complexity index is 695. The molecule has 0 radical (unpaired) electrons. The fourth-order valence-electron chi connectivity index (χ4n) is 2.76. The van der Waals surface area contributed by atoms with Crippen LogP contribution in [0.25, 0.3) is 0 Å². The van der Waals surface area contributed by atoms with Crippen molar-refractivity contribution in [2.75, 3.05) is 31.6 Å². The maximum absolute atomic E-state index is 12.0. The molecule has 1 aliphatic rings. The maximum atomic E-state index is 12.0. The summed E-state index contributed by atoms with van der Waals surface area (Å²) in [6.45, 7) is 6.59. The van der Waals surface area contributed by atoms with Gasteiger partial charge in [0.15, 0.2) is 0 Å². The van der Waals surface area contributed by atoms with Crippen LogP contribution in [0.1, 0.15) is 17.0 Å². The Balaban J connectivity index is 1.45. The third-order valence-electron chi connectivity index (χ3n) is 4.53. The van der Waals surface area contributed by atoms with Crippen LogP contribution >= 0.6 is 0 Å². The van der Waals surface area contributed by atoms with Gasteiger partial charge in [-0.1, -0.05) is 0 Å². The molecule has 0 saturated carbocycles. The minimum absolute atomic E-state index is 0.00131. The normalized spacial score (nSPS) is 14.8. The van der Waals surface area contributed by atoms with Crippen molar-refractivity contribution in [3.8, 4) is 0 Å². The van der Waals surface area contributed by atoms with Crippen LogP contribution in [-0.4, -0.2) is 53.5 Å². The average molecular weight is 329 g/mol. The summed E-state index contributed by atoms with van der Waals surface area (Å²) in [6, 6.07) is 4.02. The number of amides is 1. The number of anilines is 1. The third kappa shape index (κ3) is 3.56. The van der Waals surface area contributed by atoms with Crippen molar-refractivity contribution in [2.24, 2.45) is 0 Å². The van der Waals surface area contributed by atoms with Crippen LogP contribution in [0.3, 0.4) is 0 Å². The van der Waals surface area contributed by atoms with Crippen LogP contribution in [0, 0.1) is 13.8 Å². The van der Waals surface area contributed by atoms with Crippen molar-refractivity contribution in [2.45, 2.75) is 26.4 Å². The number of likely N-dealkylation sites (N-methyl/N-ethyl adjacent to an activating group) is 1. The SMILES string of the molecule is Cc1ncnc(N2CC(N(C)CC(=O)NCc3ccco3)C2)c1C. The highest BCUT2D eigenvalue weighted by atomic mass is 16.3. The molecule has 1 aliphatic heterocycles. The van der Waals surface area contributed by atoms with Gasteiger partial charge in [0.1, 0.15) is 17.9 Å². The van der Waals surface area contributed by atoms with Crippen molar-refractivity contribution in [3.05, 3.63) is 41.7 Å². The van der Waals surface area contributed by atoms with Gasteiger partial charge >= 0.3 is 0 Å². The summed E-state index contributed by atoms with van der Waals surface area (Å²) in [4.78, 5) is 24.9. The first-order chi connectivity index (χ1) is 11.5. The van der Waals surface area contributed by atoms with Gasteiger partial charge in [0.2, 0.25) is 5.91 Å². The van der Waals surface area contributed by atoms with E-state index in [0.29, 0.717) is 19.1 Å². The number of nitrogens with zero attached hydrogens (tertiary/aromatic N) is 4. The van der Waals surface area contributed by atoms with E-state index in [1.165, 1.54) is 0 Å². The molecule has 0 atom stereocenters. The maximum Gasteiger partial charge on any atom is 0.234 e. The molecule has 7 heteroatoms. The van der Waals surface area contributed by atoms with E-state index in [9.17, 15) is 4.79 Å². The minimum atomic E-state index is 0.00131. The molecule has 1 amide bonds. The fraction of sp³-hybridized carbons (Fsp3) is 0.471. The zero-order chi connectivity index (χ0) is 17.1. The molecule has 3 rings (SSSR count). The van der Waals surface area contributed by atoms with Gasteiger partial charge in [0.25, 0.3) is 0 Å². The summed E-state index contributed by atoms with van der Waals surface area (Å²) < 4.78 is 5.21. The van der Waals surface area contributed by atoms with E-state index in [-0.39, 0.29) is 5.91 Å². The topological polar surface area (TPSA) is 74.5 Å². The molecular formula is C17H23N5O2. The third-order valence-corrected chi connectivity index (χ3v) is 4.53. The van der Waals surface area contributed by atoms with Gasteiger partial charge in [-0.3, -0.25) is 9.69 Å². The van der Waals surface area contributed by atoms with E-state index in [2.05, 4.69) is 25.1 Å². The monoisotopic (exact) mass is 329 g/mol. The molecule has 128 valence electrons. The highest BCUT2D eigenvalue weighted by molar-refractivity contribution is 5.78. The van der Waals surface area contributed by atoms with E-state index >= 15 is 0 Å². The predicted molar refractivity (Wildman–Crippen MR) is 90.7 cm³/mol. The Morgan fingerprint density at radius 3 is 2.92 bits per heavy atom. The smallest absolute Gasteiger partial charge is 0.234 e. The highest BCUT2D eigenvalue weighted by Gasteiger charge is 2.32. The Kier molecular flexibility index (Phi) is 4.80. The number of hydrogen-bond acceptors (Lipinski definition) is 6. The molecule has 24 heavy (non-hydrogen) atoms. The highest BCUT2D eigenvalue weighted by Crippen LogP contribution is 2.25. The van der Waals surface area contributed by atoms with Gasteiger partial charge in [-0.15, -0.1) is 0 Å². The van der Waals surface area contributed by atoms with Crippen LogP contribution in [0.2, 0.25) is 0 Å². The molecule has 2 aromatic heterocycles. The van der Waals surface area contributed by atoms with Gasteiger partial charge in [-0.05, 0) is 33.0 Å². The second-order valence-corrected chi connectivity index (χ2v) is 6.24. The Hall–Kier alpha value is -2.41. The average Bonchev–Trinajstić information content (AvgIpc) is 3.01. The molecule has 0 spiro atoms. The zero-order valence-electron chi connectivity index (χ0n) is 14.3. The summed E-state index contributed by atoms with van der Waals surface area (Å²) in [5, 5.41) is 2.87. The second kappa shape index (κ2) is 7.00. The van der Waals surface area contributed by atoms with E-state index in [1.807, 2.05) is 33.0 Å². The van der Waals surface area contributed by atoms with Crippen LogP contribution in [0.15, 0.2) is 29.1 Å². The number of carbonyl (C=O) groups is 1. The Morgan fingerprint density at radius 2 is 2.21 bits per heavy atom. The molecule has 1 saturated heterocycles. The Labute approximate surface area is 141 Å². The molecular weight excluding hydrogens is 306 g/mol. The van der Waals surface area contributed by atoms with Gasteiger partial charge in [0, 0.05) is 30.4 Å². The quantitative estimate of drug-likeness (QED) is 0.856. The molecule has 2 aromatic rings. The largest absolute Gasteiger partial charge is 0.467 e. The summed E-state index contributed by atoms with van der Waals surface area (Å²) in [5.74, 6) is 1.76. The standard InChI is InChI=1S/C17H23N5O2/c1-12-13(2)19-11-20-17(12)22-8-14(9-22)21(3)10-16(23)18-7-15-5-4-6-24-15/h4-6,11,14H,7-10H2,1-3H3,(H,18,23). The minimum Gasteiger partial charge on any atom is -0.467 e. The number of hydrogen-bond donors (Lipinski definition) is 1. The number of carbonyl (C=O) groups excluding carboxylic acids is 1.